The third-order valence-corrected chi connectivity index (χ3v) is 4.72. The van der Waals surface area contributed by atoms with E-state index < -0.39 is 11.4 Å². The highest BCUT2D eigenvalue weighted by Gasteiger charge is 2.36. The van der Waals surface area contributed by atoms with Crippen LogP contribution in [0.5, 0.6) is 5.88 Å². The molecule has 0 unspecified atom stereocenters. The van der Waals surface area contributed by atoms with Crippen LogP contribution in [0.3, 0.4) is 0 Å². The number of pyridine rings is 1. The number of halogens is 1. The van der Waals surface area contributed by atoms with Gasteiger partial charge in [0.2, 0.25) is 5.88 Å². The first kappa shape index (κ1) is 17.5. The molecular weight excluding hydrogens is 346 g/mol. The van der Waals surface area contributed by atoms with Crippen LogP contribution in [-0.4, -0.2) is 32.0 Å². The maximum Gasteiger partial charge on any atom is 0.343 e. The predicted molar refractivity (Wildman–Crippen MR) is 93.0 cm³/mol. The highest BCUT2D eigenvalue weighted by molar-refractivity contribution is 6.34. The smallest absolute Gasteiger partial charge is 0.343 e. The fourth-order valence-corrected chi connectivity index (χ4v) is 3.34. The normalized spacial score (nSPS) is 16.3. The summed E-state index contributed by atoms with van der Waals surface area (Å²) in [5, 5.41) is 14.0. The minimum atomic E-state index is -0.650. The molecule has 0 aromatic carbocycles. The van der Waals surface area contributed by atoms with E-state index >= 15 is 0 Å². The van der Waals surface area contributed by atoms with E-state index in [4.69, 9.17) is 16.3 Å². The van der Waals surface area contributed by atoms with Gasteiger partial charge in [0.1, 0.15) is 16.3 Å². The van der Waals surface area contributed by atoms with Crippen LogP contribution in [0, 0.1) is 5.41 Å². The summed E-state index contributed by atoms with van der Waals surface area (Å²) in [7, 11) is 0. The molecule has 0 bridgehead atoms. The van der Waals surface area contributed by atoms with Crippen molar-refractivity contribution in [1.29, 1.82) is 0 Å². The van der Waals surface area contributed by atoms with Crippen LogP contribution < -0.4 is 5.43 Å². The van der Waals surface area contributed by atoms with Crippen molar-refractivity contribution in [2.75, 3.05) is 6.61 Å². The molecule has 0 fully saturated rings. The zero-order valence-electron chi connectivity index (χ0n) is 14.5. The Balaban J connectivity index is 2.28. The van der Waals surface area contributed by atoms with Crippen LogP contribution >= 0.6 is 11.6 Å². The monoisotopic (exact) mass is 365 g/mol. The van der Waals surface area contributed by atoms with E-state index in [9.17, 15) is 14.7 Å². The lowest BCUT2D eigenvalue weighted by Crippen LogP contribution is -2.35. The molecule has 1 aliphatic rings. The molecule has 7 nitrogen and oxygen atoms in total. The van der Waals surface area contributed by atoms with Gasteiger partial charge < -0.3 is 14.4 Å². The summed E-state index contributed by atoms with van der Waals surface area (Å²) >= 11 is 6.18. The standard InChI is InChI=1S/C17H20ClN3O4/c1-5-25-16(24)9-7-20-10(6-11(9)22)14-13(18)15(23)19-21(14)8-12(20)17(2,3)4/h6-7,12H,5,8H2,1-4H3,(H,19,23)/t12-/m0/s1. The first-order chi connectivity index (χ1) is 11.6. The molecule has 0 aliphatic carbocycles. The quantitative estimate of drug-likeness (QED) is 0.827. The Morgan fingerprint density at radius 2 is 2.16 bits per heavy atom. The predicted octanol–water partition coefficient (Wildman–Crippen LogP) is 2.85. The Hall–Kier alpha value is -2.28. The summed E-state index contributed by atoms with van der Waals surface area (Å²) in [6.45, 7) is 8.50. The third-order valence-electron chi connectivity index (χ3n) is 4.38. The molecule has 25 heavy (non-hydrogen) atoms. The lowest BCUT2D eigenvalue weighted by Gasteiger charge is -2.38. The first-order valence-corrected chi connectivity index (χ1v) is 8.42. The highest BCUT2D eigenvalue weighted by atomic mass is 35.5. The van der Waals surface area contributed by atoms with Crippen molar-refractivity contribution in [3.8, 4) is 17.3 Å². The van der Waals surface area contributed by atoms with Gasteiger partial charge in [0.25, 0.3) is 0 Å². The highest BCUT2D eigenvalue weighted by Crippen LogP contribution is 2.43. The maximum atomic E-state index is 12.4. The molecule has 0 radical (unpaired) electrons. The third kappa shape index (κ3) is 2.82. The Morgan fingerprint density at radius 3 is 2.76 bits per heavy atom. The average Bonchev–Trinajstić information content (AvgIpc) is 2.80. The van der Waals surface area contributed by atoms with Gasteiger partial charge in [-0.1, -0.05) is 32.4 Å². The Morgan fingerprint density at radius 1 is 1.48 bits per heavy atom. The molecule has 3 rings (SSSR count). The average molecular weight is 366 g/mol. The van der Waals surface area contributed by atoms with Crippen molar-refractivity contribution in [1.82, 2.24) is 14.3 Å². The second kappa shape index (κ2) is 5.91. The van der Waals surface area contributed by atoms with E-state index in [1.807, 2.05) is 4.57 Å². The van der Waals surface area contributed by atoms with Crippen molar-refractivity contribution in [2.24, 2.45) is 5.41 Å². The summed E-state index contributed by atoms with van der Waals surface area (Å²) in [5.74, 6) is -0.928. The van der Waals surface area contributed by atoms with Crippen LogP contribution in [0.25, 0.3) is 11.4 Å². The van der Waals surface area contributed by atoms with Crippen molar-refractivity contribution in [3.63, 3.8) is 0 Å². The molecule has 2 aromatic heterocycles. The van der Waals surface area contributed by atoms with Gasteiger partial charge in [0.15, 0.2) is 5.43 Å². The van der Waals surface area contributed by atoms with Gasteiger partial charge in [0.05, 0.1) is 24.9 Å². The molecule has 1 N–H and O–H groups in total. The van der Waals surface area contributed by atoms with Gasteiger partial charge in [-0.2, -0.15) is 0 Å². The lowest BCUT2D eigenvalue weighted by molar-refractivity contribution is 0.0522. The largest absolute Gasteiger partial charge is 0.491 e. The van der Waals surface area contributed by atoms with E-state index in [0.29, 0.717) is 17.9 Å². The molecule has 8 heteroatoms. The lowest BCUT2D eigenvalue weighted by atomic mass is 9.85. The van der Waals surface area contributed by atoms with Crippen LogP contribution in [0.2, 0.25) is 5.02 Å². The van der Waals surface area contributed by atoms with E-state index in [0.717, 1.165) is 0 Å². The van der Waals surface area contributed by atoms with Crippen LogP contribution in [0.1, 0.15) is 44.1 Å². The fraction of sp³-hybridized carbons (Fsp3) is 0.471. The molecule has 134 valence electrons. The maximum absolute atomic E-state index is 12.4. The minimum absolute atomic E-state index is 0.0202. The Bertz CT molecular complexity index is 908. The van der Waals surface area contributed by atoms with Gasteiger partial charge in [-0.15, -0.1) is 5.10 Å². The van der Waals surface area contributed by atoms with E-state index in [-0.39, 0.29) is 34.5 Å². The minimum Gasteiger partial charge on any atom is -0.491 e. The number of nitrogens with zero attached hydrogens (tertiary/aromatic N) is 3. The molecule has 1 atom stereocenters. The molecular formula is C17H20ClN3O4. The van der Waals surface area contributed by atoms with Gasteiger partial charge in [0, 0.05) is 12.3 Å². The molecule has 0 spiro atoms. The summed E-state index contributed by atoms with van der Waals surface area (Å²) in [6, 6.07) is 1.25. The molecule has 3 heterocycles. The number of carbonyl (C=O) groups excluding carboxylic acids is 1. The molecule has 2 aromatic rings. The number of aromatic hydroxyl groups is 1. The topological polar surface area (TPSA) is 86.3 Å². The van der Waals surface area contributed by atoms with Gasteiger partial charge in [-0.25, -0.2) is 4.79 Å². The number of carbonyl (C=O) groups is 1. The summed E-state index contributed by atoms with van der Waals surface area (Å²) in [4.78, 5) is 24.5. The van der Waals surface area contributed by atoms with Crippen LogP contribution in [0.4, 0.5) is 0 Å². The first-order valence-electron chi connectivity index (χ1n) is 8.04. The van der Waals surface area contributed by atoms with E-state index in [2.05, 4.69) is 25.9 Å². The van der Waals surface area contributed by atoms with Crippen molar-refractivity contribution < 1.29 is 14.6 Å². The van der Waals surface area contributed by atoms with Crippen LogP contribution in [-0.2, 0) is 11.3 Å². The molecule has 0 amide bonds. The number of esters is 1. The summed E-state index contributed by atoms with van der Waals surface area (Å²) in [5.41, 5.74) is 0.312. The molecule has 0 saturated carbocycles. The molecule has 1 aliphatic heterocycles. The van der Waals surface area contributed by atoms with Crippen LogP contribution in [0.15, 0.2) is 17.1 Å². The van der Waals surface area contributed by atoms with Crippen molar-refractivity contribution in [3.05, 3.63) is 33.1 Å². The number of ether oxygens (including phenoxy) is 1. The van der Waals surface area contributed by atoms with Gasteiger partial charge in [-0.05, 0) is 12.3 Å². The second-order valence-electron chi connectivity index (χ2n) is 7.11. The van der Waals surface area contributed by atoms with Gasteiger partial charge in [-0.3, -0.25) is 9.48 Å². The number of rotatable bonds is 2. The number of hydrogen-bond acceptors (Lipinski definition) is 5. The zero-order valence-corrected chi connectivity index (χ0v) is 15.3. The van der Waals surface area contributed by atoms with E-state index in [1.54, 1.807) is 11.6 Å². The number of hydrogen-bond donors (Lipinski definition) is 1. The van der Waals surface area contributed by atoms with E-state index in [1.165, 1.54) is 12.3 Å². The SMILES string of the molecule is CCOC(=O)c1cn2c(cc1=O)-c1c(Cl)c(O)nn1C[C@H]2C(C)(C)C. The zero-order chi connectivity index (χ0) is 18.5. The number of aromatic nitrogens is 3. The molecule has 0 saturated heterocycles. The Labute approximate surface area is 149 Å². The second-order valence-corrected chi connectivity index (χ2v) is 7.49. The summed E-state index contributed by atoms with van der Waals surface area (Å²) in [6.07, 6.45) is 1.52. The summed E-state index contributed by atoms with van der Waals surface area (Å²) < 4.78 is 8.44. The number of fused-ring (bicyclic) bond motifs is 3. The fourth-order valence-electron chi connectivity index (χ4n) is 3.11. The van der Waals surface area contributed by atoms with Crippen molar-refractivity contribution in [2.45, 2.75) is 40.3 Å². The van der Waals surface area contributed by atoms with Gasteiger partial charge >= 0.3 is 5.97 Å². The van der Waals surface area contributed by atoms with Crippen molar-refractivity contribution >= 4 is 17.6 Å². The Kier molecular flexibility index (Phi) is 4.15.